The Kier molecular flexibility index (Phi) is 8.81. The van der Waals surface area contributed by atoms with Gasteiger partial charge in [0.05, 0.1) is 14.2 Å². The Bertz CT molecular complexity index is 940. The van der Waals surface area contributed by atoms with Gasteiger partial charge in [0.25, 0.3) is 0 Å². The van der Waals surface area contributed by atoms with Crippen molar-refractivity contribution in [3.63, 3.8) is 0 Å². The van der Waals surface area contributed by atoms with E-state index in [4.69, 9.17) is 9.47 Å². The summed E-state index contributed by atoms with van der Waals surface area (Å²) < 4.78 is 10.8. The Labute approximate surface area is 208 Å². The van der Waals surface area contributed by atoms with Crippen LogP contribution >= 0.6 is 0 Å². The zero-order valence-electron chi connectivity index (χ0n) is 24.0. The summed E-state index contributed by atoms with van der Waals surface area (Å²) in [6.07, 6.45) is 0. The van der Waals surface area contributed by atoms with Gasteiger partial charge in [0.1, 0.15) is 23.0 Å². The largest absolute Gasteiger partial charge is 0.508 e. The second kappa shape index (κ2) is 10.1. The zero-order chi connectivity index (χ0) is 26.9. The molecular formula is C30H48O4. The maximum absolute atomic E-state index is 10.4. The van der Waals surface area contributed by atoms with Crippen molar-refractivity contribution in [1.29, 1.82) is 0 Å². The van der Waals surface area contributed by atoms with Crippen LogP contribution in [0, 0.1) is 0 Å². The van der Waals surface area contributed by atoms with Crippen LogP contribution in [0.5, 0.6) is 23.0 Å². The lowest BCUT2D eigenvalue weighted by atomic mass is 9.79. The van der Waals surface area contributed by atoms with E-state index in [9.17, 15) is 10.2 Å². The van der Waals surface area contributed by atoms with E-state index in [1.54, 1.807) is 14.2 Å². The standard InChI is InChI=1S/2C15H24O2/c1-14(2,3)10-9-13(17-7)11(8-12(10)16)15(4,5)6;1-14(2,3)11-8-10(17-7)9-12(13(11)16)15(4,5)6/h2*8-9,16H,1-7H3. The highest BCUT2D eigenvalue weighted by Crippen LogP contribution is 2.42. The van der Waals surface area contributed by atoms with Crippen molar-refractivity contribution >= 4 is 0 Å². The SMILES string of the molecule is COc1cc(C(C)(C)C)c(O)c(C(C)(C)C)c1.COc1cc(C(C)(C)C)c(O)cc1C(C)(C)C. The molecule has 0 aromatic heterocycles. The fourth-order valence-electron chi connectivity index (χ4n) is 3.79. The maximum Gasteiger partial charge on any atom is 0.123 e. The summed E-state index contributed by atoms with van der Waals surface area (Å²) in [6.45, 7) is 25.1. The molecule has 0 aliphatic heterocycles. The predicted octanol–water partition coefficient (Wildman–Crippen LogP) is 7.99. The molecular weight excluding hydrogens is 424 g/mol. The molecule has 192 valence electrons. The van der Waals surface area contributed by atoms with Crippen LogP contribution in [0.15, 0.2) is 24.3 Å². The molecule has 0 aliphatic carbocycles. The molecule has 2 N–H and O–H groups in total. The maximum atomic E-state index is 10.4. The van der Waals surface area contributed by atoms with E-state index in [0.717, 1.165) is 33.8 Å². The molecule has 0 amide bonds. The summed E-state index contributed by atoms with van der Waals surface area (Å²) in [7, 11) is 3.33. The van der Waals surface area contributed by atoms with Crippen LogP contribution in [0.25, 0.3) is 0 Å². The highest BCUT2D eigenvalue weighted by molar-refractivity contribution is 5.52. The molecule has 2 rings (SSSR count). The monoisotopic (exact) mass is 472 g/mol. The van der Waals surface area contributed by atoms with Crippen molar-refractivity contribution in [3.8, 4) is 23.0 Å². The minimum atomic E-state index is -0.0986. The predicted molar refractivity (Wildman–Crippen MR) is 144 cm³/mol. The van der Waals surface area contributed by atoms with Crippen LogP contribution in [0.1, 0.15) is 105 Å². The Morgan fingerprint density at radius 1 is 0.500 bits per heavy atom. The van der Waals surface area contributed by atoms with E-state index in [1.165, 1.54) is 0 Å². The first-order valence-corrected chi connectivity index (χ1v) is 12.0. The molecule has 0 saturated heterocycles. The van der Waals surface area contributed by atoms with Gasteiger partial charge in [-0.05, 0) is 45.9 Å². The minimum Gasteiger partial charge on any atom is -0.508 e. The Morgan fingerprint density at radius 3 is 1.18 bits per heavy atom. The first kappa shape index (κ1) is 29.7. The van der Waals surface area contributed by atoms with Crippen LogP contribution in [0.2, 0.25) is 0 Å². The zero-order valence-corrected chi connectivity index (χ0v) is 24.0. The summed E-state index contributed by atoms with van der Waals surface area (Å²) in [5.74, 6) is 2.40. The molecule has 0 bridgehead atoms. The van der Waals surface area contributed by atoms with E-state index >= 15 is 0 Å². The van der Waals surface area contributed by atoms with Crippen molar-refractivity contribution in [2.75, 3.05) is 14.2 Å². The van der Waals surface area contributed by atoms with Gasteiger partial charge in [0, 0.05) is 22.3 Å². The topological polar surface area (TPSA) is 58.9 Å². The van der Waals surface area contributed by atoms with E-state index < -0.39 is 0 Å². The van der Waals surface area contributed by atoms with Crippen LogP contribution in [-0.4, -0.2) is 24.4 Å². The minimum absolute atomic E-state index is 0.0424. The van der Waals surface area contributed by atoms with E-state index in [0.29, 0.717) is 11.5 Å². The van der Waals surface area contributed by atoms with Crippen molar-refractivity contribution in [2.24, 2.45) is 0 Å². The van der Waals surface area contributed by atoms with E-state index in [-0.39, 0.29) is 21.7 Å². The third-order valence-corrected chi connectivity index (χ3v) is 5.87. The molecule has 0 fully saturated rings. The van der Waals surface area contributed by atoms with Crippen LogP contribution in [-0.2, 0) is 21.7 Å². The third kappa shape index (κ3) is 7.32. The van der Waals surface area contributed by atoms with Gasteiger partial charge in [-0.15, -0.1) is 0 Å². The number of ether oxygens (including phenoxy) is 2. The van der Waals surface area contributed by atoms with Crippen molar-refractivity contribution < 1.29 is 19.7 Å². The normalized spacial score (nSPS) is 12.6. The lowest BCUT2D eigenvalue weighted by Gasteiger charge is -2.27. The van der Waals surface area contributed by atoms with E-state index in [1.807, 2.05) is 24.3 Å². The summed E-state index contributed by atoms with van der Waals surface area (Å²) in [4.78, 5) is 0. The van der Waals surface area contributed by atoms with Gasteiger partial charge < -0.3 is 19.7 Å². The Hall–Kier alpha value is -2.36. The molecule has 2 aromatic carbocycles. The van der Waals surface area contributed by atoms with Crippen LogP contribution in [0.3, 0.4) is 0 Å². The Morgan fingerprint density at radius 2 is 0.882 bits per heavy atom. The van der Waals surface area contributed by atoms with Gasteiger partial charge in [-0.25, -0.2) is 0 Å². The fraction of sp³-hybridized carbons (Fsp3) is 0.600. The molecule has 0 saturated carbocycles. The molecule has 0 radical (unpaired) electrons. The summed E-state index contributed by atoms with van der Waals surface area (Å²) in [5, 5.41) is 20.6. The lowest BCUT2D eigenvalue weighted by Crippen LogP contribution is -2.17. The second-order valence-electron chi connectivity index (χ2n) is 13.1. The van der Waals surface area contributed by atoms with Gasteiger partial charge in [-0.3, -0.25) is 0 Å². The molecule has 4 heteroatoms. The highest BCUT2D eigenvalue weighted by Gasteiger charge is 2.27. The molecule has 0 atom stereocenters. The fourth-order valence-corrected chi connectivity index (χ4v) is 3.79. The molecule has 0 spiro atoms. The summed E-state index contributed by atoms with van der Waals surface area (Å²) >= 11 is 0. The first-order valence-electron chi connectivity index (χ1n) is 12.0. The van der Waals surface area contributed by atoms with Crippen molar-refractivity contribution in [1.82, 2.24) is 0 Å². The number of phenols is 2. The lowest BCUT2D eigenvalue weighted by molar-refractivity contribution is 0.388. The number of benzene rings is 2. The van der Waals surface area contributed by atoms with Gasteiger partial charge in [0.2, 0.25) is 0 Å². The molecule has 2 aromatic rings. The smallest absolute Gasteiger partial charge is 0.123 e. The van der Waals surface area contributed by atoms with E-state index in [2.05, 4.69) is 83.1 Å². The number of hydrogen-bond acceptors (Lipinski definition) is 4. The quantitative estimate of drug-likeness (QED) is 0.465. The van der Waals surface area contributed by atoms with Crippen molar-refractivity contribution in [3.05, 3.63) is 46.5 Å². The van der Waals surface area contributed by atoms with Gasteiger partial charge in [-0.1, -0.05) is 83.1 Å². The average Bonchev–Trinajstić information content (AvgIpc) is 2.65. The van der Waals surface area contributed by atoms with Gasteiger partial charge in [0.15, 0.2) is 0 Å². The molecule has 0 unspecified atom stereocenters. The summed E-state index contributed by atoms with van der Waals surface area (Å²) in [5.41, 5.74) is 3.49. The molecule has 0 aliphatic rings. The number of hydrogen-bond donors (Lipinski definition) is 2. The molecule has 0 heterocycles. The second-order valence-corrected chi connectivity index (χ2v) is 13.1. The highest BCUT2D eigenvalue weighted by atomic mass is 16.5. The number of phenolic OH excluding ortho intramolecular Hbond substituents is 2. The first-order chi connectivity index (χ1) is 15.1. The van der Waals surface area contributed by atoms with Crippen LogP contribution in [0.4, 0.5) is 0 Å². The average molecular weight is 473 g/mol. The van der Waals surface area contributed by atoms with Gasteiger partial charge in [-0.2, -0.15) is 0 Å². The number of rotatable bonds is 2. The van der Waals surface area contributed by atoms with Gasteiger partial charge >= 0.3 is 0 Å². The van der Waals surface area contributed by atoms with Crippen molar-refractivity contribution in [2.45, 2.75) is 105 Å². The Balaban J connectivity index is 0.000000340. The third-order valence-electron chi connectivity index (χ3n) is 5.87. The summed E-state index contributed by atoms with van der Waals surface area (Å²) in [6, 6.07) is 7.63. The van der Waals surface area contributed by atoms with Crippen LogP contribution < -0.4 is 9.47 Å². The molecule has 34 heavy (non-hydrogen) atoms. The molecule has 4 nitrogen and oxygen atoms in total. The number of methoxy groups -OCH3 is 2. The number of aromatic hydroxyl groups is 2.